The predicted octanol–water partition coefficient (Wildman–Crippen LogP) is 9.77. The van der Waals surface area contributed by atoms with Gasteiger partial charge in [0, 0.05) is 0 Å². The first-order valence-electron chi connectivity index (χ1n) is 11.2. The van der Waals surface area contributed by atoms with Gasteiger partial charge in [0.25, 0.3) is 0 Å². The fourth-order valence-corrected chi connectivity index (χ4v) is 25.3. The average molecular weight is 423 g/mol. The van der Waals surface area contributed by atoms with Gasteiger partial charge in [-0.15, -0.1) is 11.1 Å². The van der Waals surface area contributed by atoms with Crippen molar-refractivity contribution in [2.75, 3.05) is 0 Å². The van der Waals surface area contributed by atoms with Gasteiger partial charge in [0.1, 0.15) is 0 Å². The quantitative estimate of drug-likeness (QED) is 0.269. The molecule has 0 aromatic heterocycles. The summed E-state index contributed by atoms with van der Waals surface area (Å²) in [6.45, 7) is 44.2. The van der Waals surface area contributed by atoms with Crippen LogP contribution >= 0.6 is 0 Å². The number of hydrogen-bond donors (Lipinski definition) is 0. The Bertz CT molecular complexity index is 474. The van der Waals surface area contributed by atoms with Gasteiger partial charge in [0.05, 0.1) is 0 Å². The first-order valence-corrected chi connectivity index (χ1v) is 15.2. The van der Waals surface area contributed by atoms with Crippen molar-refractivity contribution in [1.29, 1.82) is 0 Å². The molecule has 0 aromatic rings. The molecule has 0 aromatic carbocycles. The summed E-state index contributed by atoms with van der Waals surface area (Å²) in [5.41, 5.74) is 8.53. The zero-order chi connectivity index (χ0) is 23.4. The van der Waals surface area contributed by atoms with E-state index in [9.17, 15) is 0 Å². The van der Waals surface area contributed by atoms with Crippen LogP contribution in [0.1, 0.15) is 125 Å². The molecule has 0 aliphatic carbocycles. The first kappa shape index (κ1) is 28.0. The predicted molar refractivity (Wildman–Crippen MR) is 138 cm³/mol. The Morgan fingerprint density at radius 2 is 0.393 bits per heavy atom. The summed E-state index contributed by atoms with van der Waals surface area (Å²) in [5.74, 6) is 0. The maximum Gasteiger partial charge on any atom is 0.153 e. The lowest BCUT2D eigenvalue weighted by molar-refractivity contribution is 0.545. The molecule has 0 aliphatic rings. The Kier molecular flexibility index (Phi) is 7.30. The van der Waals surface area contributed by atoms with Crippen LogP contribution in [0.2, 0.25) is 30.2 Å². The lowest BCUT2D eigenvalue weighted by atomic mass is 10.2. The maximum absolute atomic E-state index is 4.26. The Hall–Kier alpha value is -0.00623. The highest BCUT2D eigenvalue weighted by Crippen LogP contribution is 2.64. The molecule has 0 spiro atoms. The highest BCUT2D eigenvalue weighted by Gasteiger charge is 2.62. The summed E-state index contributed by atoms with van der Waals surface area (Å²) in [6, 6.07) is 0. The van der Waals surface area contributed by atoms with Crippen molar-refractivity contribution in [1.82, 2.24) is 0 Å². The van der Waals surface area contributed by atoms with E-state index in [4.69, 9.17) is 0 Å². The van der Waals surface area contributed by atoms with Crippen LogP contribution in [0.5, 0.6) is 0 Å². The third kappa shape index (κ3) is 4.36. The third-order valence-corrected chi connectivity index (χ3v) is 21.9. The van der Waals surface area contributed by atoms with Gasteiger partial charge in [0.2, 0.25) is 0 Å². The van der Waals surface area contributed by atoms with Crippen molar-refractivity contribution in [3.63, 3.8) is 0 Å². The van der Waals surface area contributed by atoms with Crippen LogP contribution in [0.25, 0.3) is 0 Å². The molecule has 166 valence electrons. The van der Waals surface area contributed by atoms with E-state index in [2.05, 4.69) is 136 Å². The van der Waals surface area contributed by atoms with Gasteiger partial charge in [-0.25, -0.2) is 0 Å². The second-order valence-electron chi connectivity index (χ2n) is 15.2. The van der Waals surface area contributed by atoms with E-state index >= 15 is 0 Å². The van der Waals surface area contributed by atoms with Crippen LogP contribution in [-0.4, -0.2) is 16.1 Å². The fraction of sp³-hybridized carbons (Fsp3) is 0.923. The van der Waals surface area contributed by atoms with E-state index in [1.54, 1.807) is 0 Å². The van der Waals surface area contributed by atoms with E-state index in [0.717, 1.165) is 0 Å². The van der Waals surface area contributed by atoms with Crippen LogP contribution in [0.4, 0.5) is 0 Å². The van der Waals surface area contributed by atoms with Gasteiger partial charge in [0.15, 0.2) is 16.1 Å². The van der Waals surface area contributed by atoms with Crippen LogP contribution in [0.15, 0.2) is 0 Å². The van der Waals surface area contributed by atoms with Crippen LogP contribution in [-0.2, 0) is 0 Å². The number of hydrogen-bond acceptors (Lipinski definition) is 0. The van der Waals surface area contributed by atoms with Crippen LogP contribution < -0.4 is 0 Å². The number of rotatable bonds is 0. The molecular formula is C26H54Si2. The maximum atomic E-state index is 4.26. The summed E-state index contributed by atoms with van der Waals surface area (Å²) in [7, 11) is -4.15. The molecule has 0 rings (SSSR count). The lowest BCUT2D eigenvalue weighted by Crippen LogP contribution is -2.60. The van der Waals surface area contributed by atoms with E-state index in [0.29, 0.717) is 0 Å². The van der Waals surface area contributed by atoms with Crippen molar-refractivity contribution < 1.29 is 0 Å². The Labute approximate surface area is 182 Å². The molecule has 28 heavy (non-hydrogen) atoms. The fourth-order valence-electron chi connectivity index (χ4n) is 8.06. The molecule has 0 heterocycles. The Morgan fingerprint density at radius 1 is 0.286 bits per heavy atom. The molecule has 0 atom stereocenters. The van der Waals surface area contributed by atoms with E-state index in [1.165, 1.54) is 0 Å². The summed E-state index contributed by atoms with van der Waals surface area (Å²) in [4.78, 5) is 0. The second kappa shape index (κ2) is 7.30. The van der Waals surface area contributed by atoms with Crippen molar-refractivity contribution in [3.8, 4) is 11.1 Å². The molecule has 0 unspecified atom stereocenters. The van der Waals surface area contributed by atoms with E-state index < -0.39 is 16.1 Å². The summed E-state index contributed by atoms with van der Waals surface area (Å²) in [5, 5.41) is 1.28. The smallest absolute Gasteiger partial charge is 0.136 e. The summed E-state index contributed by atoms with van der Waals surface area (Å²) in [6.07, 6.45) is 0. The topological polar surface area (TPSA) is 0 Å². The van der Waals surface area contributed by atoms with Gasteiger partial charge in [-0.2, -0.15) is 0 Å². The zero-order valence-corrected chi connectivity index (χ0v) is 25.0. The van der Waals surface area contributed by atoms with E-state index in [1.807, 2.05) is 0 Å². The Morgan fingerprint density at radius 3 is 0.464 bits per heavy atom. The van der Waals surface area contributed by atoms with Crippen LogP contribution in [0.3, 0.4) is 0 Å². The molecule has 0 radical (unpaired) electrons. The van der Waals surface area contributed by atoms with Crippen LogP contribution in [0, 0.1) is 11.1 Å². The normalized spacial score (nSPS) is 15.9. The largest absolute Gasteiger partial charge is 0.153 e. The second-order valence-corrected chi connectivity index (χ2v) is 27.8. The monoisotopic (exact) mass is 422 g/mol. The van der Waals surface area contributed by atoms with Gasteiger partial charge in [-0.1, -0.05) is 125 Å². The molecule has 0 aliphatic heterocycles. The molecule has 0 bridgehead atoms. The van der Waals surface area contributed by atoms with Crippen molar-refractivity contribution in [2.24, 2.45) is 0 Å². The molecule has 0 amide bonds. The Balaban J connectivity index is 7.58. The molecule has 0 saturated heterocycles. The highest BCUT2D eigenvalue weighted by molar-refractivity contribution is 6.99. The third-order valence-electron chi connectivity index (χ3n) is 7.19. The SMILES string of the molecule is CC(C)(C)[Si](C#C[Si](C(C)(C)C)(C(C)(C)C)C(C)(C)C)(C(C)(C)C)C(C)(C)C. The minimum atomic E-state index is -2.07. The zero-order valence-electron chi connectivity index (χ0n) is 23.0. The molecule has 0 N–H and O–H groups in total. The van der Waals surface area contributed by atoms with Gasteiger partial charge in [-0.05, 0) is 30.2 Å². The standard InChI is InChI=1S/C26H54Si2/c1-21(2,3)27(22(4,5)6,23(7,8)9)19-20-28(24(10,11)12,25(13,14)15)26(16,17)18/h1-18H3. The molecule has 2 heteroatoms. The minimum absolute atomic E-state index is 0.213. The molecular weight excluding hydrogens is 368 g/mol. The highest BCUT2D eigenvalue weighted by atomic mass is 28.3. The van der Waals surface area contributed by atoms with E-state index in [-0.39, 0.29) is 30.2 Å². The average Bonchev–Trinajstić information content (AvgIpc) is 2.23. The van der Waals surface area contributed by atoms with Crippen molar-refractivity contribution >= 4 is 16.1 Å². The first-order chi connectivity index (χ1) is 11.7. The van der Waals surface area contributed by atoms with Gasteiger partial charge < -0.3 is 0 Å². The minimum Gasteiger partial charge on any atom is -0.136 e. The van der Waals surface area contributed by atoms with Gasteiger partial charge >= 0.3 is 0 Å². The molecule has 0 fully saturated rings. The van der Waals surface area contributed by atoms with Crippen molar-refractivity contribution in [2.45, 2.75) is 155 Å². The summed E-state index contributed by atoms with van der Waals surface area (Å²) < 4.78 is 0. The molecule has 0 saturated carbocycles. The van der Waals surface area contributed by atoms with Crippen molar-refractivity contribution in [3.05, 3.63) is 0 Å². The molecule has 0 nitrogen and oxygen atoms in total. The summed E-state index contributed by atoms with van der Waals surface area (Å²) >= 11 is 0. The van der Waals surface area contributed by atoms with Gasteiger partial charge in [-0.3, -0.25) is 0 Å². The lowest BCUT2D eigenvalue weighted by Gasteiger charge is -2.58.